The summed E-state index contributed by atoms with van der Waals surface area (Å²) in [4.78, 5) is 0.468. The number of para-hydroxylation sites is 1. The van der Waals surface area contributed by atoms with E-state index in [9.17, 15) is 0 Å². The zero-order chi connectivity index (χ0) is 11.9. The molecule has 1 aliphatic rings. The monoisotopic (exact) mass is 243 g/mol. The van der Waals surface area contributed by atoms with E-state index in [1.807, 2.05) is 48.5 Å². The lowest BCUT2D eigenvalue weighted by Gasteiger charge is -2.24. The van der Waals surface area contributed by atoms with Crippen molar-refractivity contribution in [1.29, 1.82) is 0 Å². The van der Waals surface area contributed by atoms with Gasteiger partial charge in [0.1, 0.15) is 0 Å². The number of hydrogen-bond donors (Lipinski definition) is 3. The molecule has 0 bridgehead atoms. The first-order chi connectivity index (χ1) is 8.19. The molecular formula is C13H13N3S. The van der Waals surface area contributed by atoms with E-state index in [1.165, 1.54) is 0 Å². The third-order valence-electron chi connectivity index (χ3n) is 2.84. The summed E-state index contributed by atoms with van der Waals surface area (Å²) in [6.45, 7) is 0. The quantitative estimate of drug-likeness (QED) is 0.673. The summed E-state index contributed by atoms with van der Waals surface area (Å²) < 4.78 is 0. The molecule has 1 heterocycles. The van der Waals surface area contributed by atoms with E-state index in [2.05, 4.69) is 5.32 Å². The normalized spacial score (nSPS) is 21.9. The van der Waals surface area contributed by atoms with Gasteiger partial charge < -0.3 is 11.1 Å². The summed E-state index contributed by atoms with van der Waals surface area (Å²) >= 11 is 1.59. The van der Waals surface area contributed by atoms with Crippen LogP contribution in [0.1, 0.15) is 5.56 Å². The molecule has 0 spiro atoms. The fourth-order valence-corrected chi connectivity index (χ4v) is 3.14. The Morgan fingerprint density at radius 3 is 2.47 bits per heavy atom. The van der Waals surface area contributed by atoms with Gasteiger partial charge in [-0.15, -0.1) is 0 Å². The van der Waals surface area contributed by atoms with Gasteiger partial charge >= 0.3 is 0 Å². The highest BCUT2D eigenvalue weighted by atomic mass is 32.2. The van der Waals surface area contributed by atoms with E-state index in [0.717, 1.165) is 21.8 Å². The van der Waals surface area contributed by atoms with Gasteiger partial charge in [-0.1, -0.05) is 48.2 Å². The molecule has 3 nitrogen and oxygen atoms in total. The second-order valence-electron chi connectivity index (χ2n) is 4.05. The van der Waals surface area contributed by atoms with Crippen LogP contribution in [-0.2, 0) is 4.99 Å². The maximum Gasteiger partial charge on any atom is 0.165 e. The third kappa shape index (κ3) is 1.66. The molecule has 0 aliphatic carbocycles. The molecule has 5 N–H and O–H groups in total. The first-order valence-corrected chi connectivity index (χ1v) is 6.21. The van der Waals surface area contributed by atoms with Gasteiger partial charge in [0.15, 0.2) is 4.99 Å². The van der Waals surface area contributed by atoms with Crippen LogP contribution in [0.4, 0.5) is 11.4 Å². The zero-order valence-corrected chi connectivity index (χ0v) is 10.00. The number of nitrogen functional groups attached to an aromatic ring is 1. The van der Waals surface area contributed by atoms with Gasteiger partial charge in [0.05, 0.1) is 11.4 Å². The molecule has 86 valence electrons. The summed E-state index contributed by atoms with van der Waals surface area (Å²) in [7, 11) is 0. The van der Waals surface area contributed by atoms with E-state index >= 15 is 0 Å². The maximum absolute atomic E-state index is 6.40. The Bertz CT molecular complexity index is 556. The first-order valence-electron chi connectivity index (χ1n) is 5.39. The molecule has 0 amide bonds. The van der Waals surface area contributed by atoms with Crippen molar-refractivity contribution < 1.29 is 0 Å². The van der Waals surface area contributed by atoms with Crippen LogP contribution in [0.3, 0.4) is 0 Å². The van der Waals surface area contributed by atoms with Crippen LogP contribution in [0, 0.1) is 0 Å². The Hall–Kier alpha value is -1.65. The lowest BCUT2D eigenvalue weighted by Crippen LogP contribution is -2.38. The average Bonchev–Trinajstić information content (AvgIpc) is 2.70. The van der Waals surface area contributed by atoms with Crippen LogP contribution < -0.4 is 16.8 Å². The Morgan fingerprint density at radius 2 is 1.76 bits per heavy atom. The second kappa shape index (κ2) is 3.68. The molecule has 4 heteroatoms. The number of fused-ring (bicyclic) bond motifs is 1. The maximum atomic E-state index is 6.40. The van der Waals surface area contributed by atoms with E-state index in [-0.39, 0.29) is 0 Å². The van der Waals surface area contributed by atoms with Gasteiger partial charge in [0, 0.05) is 10.5 Å². The van der Waals surface area contributed by atoms with Gasteiger partial charge in [-0.2, -0.15) is 0 Å². The fraction of sp³-hybridized carbons (Fsp3) is 0.0769. The lowest BCUT2D eigenvalue weighted by atomic mass is 10.1. The Kier molecular flexibility index (Phi) is 2.28. The number of nitrogens with two attached hydrogens (primary N) is 2. The van der Waals surface area contributed by atoms with E-state index in [4.69, 9.17) is 11.5 Å². The van der Waals surface area contributed by atoms with E-state index < -0.39 is 4.99 Å². The van der Waals surface area contributed by atoms with Crippen molar-refractivity contribution in [3.05, 3.63) is 54.1 Å². The number of rotatable bonds is 1. The molecule has 17 heavy (non-hydrogen) atoms. The molecule has 1 aliphatic heterocycles. The molecule has 2 aromatic rings. The van der Waals surface area contributed by atoms with Crippen molar-refractivity contribution in [3.63, 3.8) is 0 Å². The minimum atomic E-state index is -0.626. The molecule has 0 saturated heterocycles. The van der Waals surface area contributed by atoms with Gasteiger partial charge in [0.2, 0.25) is 0 Å². The van der Waals surface area contributed by atoms with Gasteiger partial charge in [-0.25, -0.2) is 0 Å². The predicted octanol–water partition coefficient (Wildman–Crippen LogP) is 2.56. The Morgan fingerprint density at radius 1 is 1.00 bits per heavy atom. The van der Waals surface area contributed by atoms with Crippen molar-refractivity contribution >= 4 is 23.1 Å². The number of benzene rings is 2. The largest absolute Gasteiger partial charge is 0.397 e. The third-order valence-corrected chi connectivity index (χ3v) is 4.06. The number of nitrogens with one attached hydrogen (secondary N) is 1. The number of thioether (sulfide) groups is 1. The summed E-state index contributed by atoms with van der Waals surface area (Å²) in [6, 6.07) is 15.8. The summed E-state index contributed by atoms with van der Waals surface area (Å²) in [6.07, 6.45) is 0. The molecule has 2 aromatic carbocycles. The van der Waals surface area contributed by atoms with Crippen LogP contribution in [0.2, 0.25) is 0 Å². The Labute approximate surface area is 104 Å². The van der Waals surface area contributed by atoms with E-state index in [0.29, 0.717) is 0 Å². The standard InChI is InChI=1S/C13H13N3S/c14-10-7-4-8-11-12(10)16-13(15,17-11)9-5-2-1-3-6-9/h1-8,16H,14-15H2. The van der Waals surface area contributed by atoms with Crippen LogP contribution in [0.5, 0.6) is 0 Å². The van der Waals surface area contributed by atoms with Gasteiger partial charge in [-0.05, 0) is 12.1 Å². The van der Waals surface area contributed by atoms with Gasteiger partial charge in [-0.3, -0.25) is 5.73 Å². The van der Waals surface area contributed by atoms with Crippen LogP contribution in [0.15, 0.2) is 53.4 Å². The van der Waals surface area contributed by atoms with Gasteiger partial charge in [0.25, 0.3) is 0 Å². The van der Waals surface area contributed by atoms with Crippen molar-refractivity contribution in [3.8, 4) is 0 Å². The first kappa shape index (κ1) is 10.5. The second-order valence-corrected chi connectivity index (χ2v) is 5.34. The summed E-state index contributed by atoms with van der Waals surface area (Å²) in [5.41, 5.74) is 15.0. The molecule has 0 saturated carbocycles. The number of hydrogen-bond acceptors (Lipinski definition) is 4. The topological polar surface area (TPSA) is 64.1 Å². The van der Waals surface area contributed by atoms with Crippen molar-refractivity contribution in [2.24, 2.45) is 5.73 Å². The molecule has 0 fully saturated rings. The van der Waals surface area contributed by atoms with Crippen molar-refractivity contribution in [2.75, 3.05) is 11.1 Å². The smallest absolute Gasteiger partial charge is 0.165 e. The number of anilines is 2. The molecule has 0 radical (unpaired) electrons. The highest BCUT2D eigenvalue weighted by Gasteiger charge is 2.36. The fourth-order valence-electron chi connectivity index (χ4n) is 1.97. The van der Waals surface area contributed by atoms with Crippen molar-refractivity contribution in [2.45, 2.75) is 9.89 Å². The predicted molar refractivity (Wildman–Crippen MR) is 72.6 cm³/mol. The average molecular weight is 243 g/mol. The van der Waals surface area contributed by atoms with Crippen LogP contribution in [0.25, 0.3) is 0 Å². The molecule has 0 aromatic heterocycles. The summed E-state index contributed by atoms with van der Waals surface area (Å²) in [5, 5.41) is 3.31. The SMILES string of the molecule is Nc1cccc2c1NC(N)(c1ccccc1)S2. The van der Waals surface area contributed by atoms with Crippen LogP contribution in [-0.4, -0.2) is 0 Å². The highest BCUT2D eigenvalue weighted by Crippen LogP contribution is 2.49. The molecule has 3 rings (SSSR count). The molecule has 1 unspecified atom stereocenters. The minimum Gasteiger partial charge on any atom is -0.397 e. The van der Waals surface area contributed by atoms with Crippen molar-refractivity contribution in [1.82, 2.24) is 0 Å². The molecule has 1 atom stereocenters. The Balaban J connectivity index is 2.03. The van der Waals surface area contributed by atoms with Crippen LogP contribution >= 0.6 is 11.8 Å². The lowest BCUT2D eigenvalue weighted by molar-refractivity contribution is 0.770. The molecular weight excluding hydrogens is 230 g/mol. The minimum absolute atomic E-state index is 0.626. The summed E-state index contributed by atoms with van der Waals surface area (Å²) in [5.74, 6) is 0. The highest BCUT2D eigenvalue weighted by molar-refractivity contribution is 8.00. The zero-order valence-electron chi connectivity index (χ0n) is 9.18. The van der Waals surface area contributed by atoms with E-state index in [1.54, 1.807) is 11.8 Å².